The average Bonchev–Trinajstić information content (AvgIpc) is 3.17. The molecule has 1 aliphatic carbocycles. The van der Waals surface area contributed by atoms with Crippen LogP contribution in [0.5, 0.6) is 0 Å². The Labute approximate surface area is 221 Å². The van der Waals surface area contributed by atoms with E-state index in [9.17, 15) is 24.3 Å². The van der Waals surface area contributed by atoms with Crippen LogP contribution in [0.1, 0.15) is 44.2 Å². The lowest BCUT2D eigenvalue weighted by atomic mass is 9.98. The van der Waals surface area contributed by atoms with Crippen LogP contribution in [-0.4, -0.2) is 66.6 Å². The maximum absolute atomic E-state index is 12.5. The molecule has 1 aliphatic rings. The quantitative estimate of drug-likeness (QED) is 0.314. The van der Waals surface area contributed by atoms with Gasteiger partial charge in [-0.3, -0.25) is 9.59 Å². The average molecular weight is 527 g/mol. The van der Waals surface area contributed by atoms with Gasteiger partial charge in [-0.25, -0.2) is 9.59 Å². The number of primary amides is 1. The van der Waals surface area contributed by atoms with Crippen LogP contribution in [0.2, 0.25) is 0 Å². The zero-order valence-electron chi connectivity index (χ0n) is 21.7. The van der Waals surface area contributed by atoms with E-state index < -0.39 is 48.2 Å². The number of aliphatic hydroxyl groups is 1. The maximum Gasteiger partial charge on any atom is 0.407 e. The Morgan fingerprint density at radius 1 is 0.921 bits per heavy atom. The minimum Gasteiger partial charge on any atom is -0.449 e. The number of rotatable bonds is 10. The van der Waals surface area contributed by atoms with Gasteiger partial charge in [0.15, 0.2) is 0 Å². The van der Waals surface area contributed by atoms with Gasteiger partial charge in [-0.1, -0.05) is 48.5 Å². The number of ether oxygens (including phenoxy) is 2. The van der Waals surface area contributed by atoms with Gasteiger partial charge in [0.1, 0.15) is 18.2 Å². The van der Waals surface area contributed by atoms with Crippen molar-refractivity contribution in [3.05, 3.63) is 59.7 Å². The van der Waals surface area contributed by atoms with Crippen molar-refractivity contribution >= 4 is 24.0 Å². The van der Waals surface area contributed by atoms with Gasteiger partial charge in [0.2, 0.25) is 11.8 Å². The molecule has 2 aromatic carbocycles. The van der Waals surface area contributed by atoms with Crippen LogP contribution < -0.4 is 21.7 Å². The number of benzene rings is 2. The van der Waals surface area contributed by atoms with E-state index in [-0.39, 0.29) is 25.6 Å². The first kappa shape index (κ1) is 28.5. The topological polar surface area (TPSA) is 169 Å². The second-order valence-electron chi connectivity index (χ2n) is 9.97. The van der Waals surface area contributed by atoms with Crippen LogP contribution in [0.4, 0.5) is 9.59 Å². The summed E-state index contributed by atoms with van der Waals surface area (Å²) >= 11 is 0. The zero-order valence-corrected chi connectivity index (χ0v) is 21.7. The number of fused-ring (bicyclic) bond motifs is 3. The molecule has 0 heterocycles. The van der Waals surface area contributed by atoms with E-state index in [2.05, 4.69) is 16.0 Å². The first-order valence-electron chi connectivity index (χ1n) is 12.3. The molecule has 204 valence electrons. The van der Waals surface area contributed by atoms with Crippen LogP contribution in [0.15, 0.2) is 48.5 Å². The number of carbonyl (C=O) groups is 4. The molecule has 3 rings (SSSR count). The number of hydrogen-bond donors (Lipinski definition) is 5. The zero-order chi connectivity index (χ0) is 27.9. The Morgan fingerprint density at radius 2 is 1.47 bits per heavy atom. The predicted molar refractivity (Wildman–Crippen MR) is 139 cm³/mol. The number of hydrogen-bond acceptors (Lipinski definition) is 7. The summed E-state index contributed by atoms with van der Waals surface area (Å²) < 4.78 is 10.5. The van der Waals surface area contributed by atoms with Crippen molar-refractivity contribution in [2.45, 2.75) is 50.9 Å². The molecular weight excluding hydrogens is 492 g/mol. The standard InChI is InChI=1S/C27H34N4O7/c1-27(2,3)38-25(35)30-14-16(32)13-29-23(33)12-22(24(28)34)31-26(36)37-15-21-19-10-6-4-8-17(19)18-9-5-7-11-20(18)21/h4-11,16,21-22,32H,12-15H2,1-3H3,(H2,28,34)(H,29,33)(H,30,35)(H,31,36)/t16?,22-/m0/s1. The van der Waals surface area contributed by atoms with Crippen molar-refractivity contribution in [1.29, 1.82) is 0 Å². The summed E-state index contributed by atoms with van der Waals surface area (Å²) in [5.41, 5.74) is 8.90. The minimum absolute atomic E-state index is 0.0361. The molecule has 0 spiro atoms. The van der Waals surface area contributed by atoms with E-state index in [4.69, 9.17) is 15.2 Å². The minimum atomic E-state index is -1.32. The SMILES string of the molecule is CC(C)(C)OC(=O)NCC(O)CNC(=O)C[C@H](NC(=O)OCC1c2ccccc2-c2ccccc21)C(N)=O. The van der Waals surface area contributed by atoms with Gasteiger partial charge in [-0.2, -0.15) is 0 Å². The van der Waals surface area contributed by atoms with Crippen LogP contribution in [0.3, 0.4) is 0 Å². The monoisotopic (exact) mass is 526 g/mol. The summed E-state index contributed by atoms with van der Waals surface area (Å²) in [7, 11) is 0. The van der Waals surface area contributed by atoms with Crippen LogP contribution in [-0.2, 0) is 19.1 Å². The van der Waals surface area contributed by atoms with Gasteiger partial charge < -0.3 is 36.3 Å². The third-order valence-electron chi connectivity index (χ3n) is 5.78. The highest BCUT2D eigenvalue weighted by atomic mass is 16.6. The molecule has 11 nitrogen and oxygen atoms in total. The molecule has 6 N–H and O–H groups in total. The van der Waals surface area contributed by atoms with Crippen LogP contribution >= 0.6 is 0 Å². The highest BCUT2D eigenvalue weighted by molar-refractivity contribution is 5.90. The fourth-order valence-electron chi connectivity index (χ4n) is 4.08. The van der Waals surface area contributed by atoms with Gasteiger partial charge in [-0.15, -0.1) is 0 Å². The summed E-state index contributed by atoms with van der Waals surface area (Å²) in [4.78, 5) is 48.2. The van der Waals surface area contributed by atoms with E-state index in [1.54, 1.807) is 20.8 Å². The smallest absolute Gasteiger partial charge is 0.407 e. The molecule has 0 bridgehead atoms. The fourth-order valence-corrected chi connectivity index (χ4v) is 4.08. The van der Waals surface area contributed by atoms with Gasteiger partial charge >= 0.3 is 12.2 Å². The van der Waals surface area contributed by atoms with E-state index in [1.807, 2.05) is 48.5 Å². The maximum atomic E-state index is 12.5. The van der Waals surface area contributed by atoms with E-state index in [0.29, 0.717) is 0 Å². The summed E-state index contributed by atoms with van der Waals surface area (Å²) in [5.74, 6) is -1.72. The van der Waals surface area contributed by atoms with Crippen molar-refractivity contribution in [2.75, 3.05) is 19.7 Å². The second-order valence-corrected chi connectivity index (χ2v) is 9.97. The molecule has 0 radical (unpaired) electrons. The lowest BCUT2D eigenvalue weighted by Gasteiger charge is -2.21. The number of nitrogens with one attached hydrogen (secondary N) is 3. The third-order valence-corrected chi connectivity index (χ3v) is 5.78. The number of amides is 4. The van der Waals surface area contributed by atoms with E-state index in [1.165, 1.54) is 0 Å². The predicted octanol–water partition coefficient (Wildman–Crippen LogP) is 1.77. The molecule has 0 aromatic heterocycles. The second kappa shape index (κ2) is 12.4. The van der Waals surface area contributed by atoms with Gasteiger partial charge in [0.25, 0.3) is 0 Å². The number of nitrogens with two attached hydrogens (primary N) is 1. The Bertz CT molecular complexity index is 1130. The highest BCUT2D eigenvalue weighted by Gasteiger charge is 2.30. The summed E-state index contributed by atoms with van der Waals surface area (Å²) in [6, 6.07) is 14.4. The molecule has 0 saturated carbocycles. The van der Waals surface area contributed by atoms with Crippen molar-refractivity contribution < 1.29 is 33.8 Å². The Kier molecular flexibility index (Phi) is 9.30. The molecule has 1 unspecified atom stereocenters. The lowest BCUT2D eigenvalue weighted by Crippen LogP contribution is -2.48. The molecule has 38 heavy (non-hydrogen) atoms. The number of aliphatic hydroxyl groups excluding tert-OH is 1. The molecule has 4 amide bonds. The normalized spacial score (nSPS) is 13.9. The van der Waals surface area contributed by atoms with E-state index in [0.717, 1.165) is 22.3 Å². The molecule has 2 aromatic rings. The highest BCUT2D eigenvalue weighted by Crippen LogP contribution is 2.44. The number of alkyl carbamates (subject to hydrolysis) is 2. The first-order chi connectivity index (χ1) is 17.9. The molecule has 2 atom stereocenters. The van der Waals surface area contributed by atoms with Crippen molar-refractivity contribution in [3.8, 4) is 11.1 Å². The fraction of sp³-hybridized carbons (Fsp3) is 0.407. The van der Waals surface area contributed by atoms with Gasteiger partial charge in [0.05, 0.1) is 12.5 Å². The molecule has 0 fully saturated rings. The van der Waals surface area contributed by atoms with Crippen LogP contribution in [0.25, 0.3) is 11.1 Å². The molecule has 11 heteroatoms. The largest absolute Gasteiger partial charge is 0.449 e. The Balaban J connectivity index is 1.46. The van der Waals surface area contributed by atoms with Crippen molar-refractivity contribution in [3.63, 3.8) is 0 Å². The summed E-state index contributed by atoms with van der Waals surface area (Å²) in [6.45, 7) is 4.78. The lowest BCUT2D eigenvalue weighted by molar-refractivity contribution is -0.126. The Morgan fingerprint density at radius 3 is 2.03 bits per heavy atom. The van der Waals surface area contributed by atoms with Gasteiger partial charge in [0, 0.05) is 19.0 Å². The number of carbonyl (C=O) groups excluding carboxylic acids is 4. The molecule has 0 saturated heterocycles. The molecular formula is C27H34N4O7. The Hall–Kier alpha value is -4.12. The third kappa shape index (κ3) is 7.94. The van der Waals surface area contributed by atoms with E-state index >= 15 is 0 Å². The van der Waals surface area contributed by atoms with Crippen LogP contribution in [0, 0.1) is 0 Å². The summed E-state index contributed by atoms with van der Waals surface area (Å²) in [6.07, 6.45) is -3.14. The first-order valence-corrected chi connectivity index (χ1v) is 12.3. The van der Waals surface area contributed by atoms with Gasteiger partial charge in [-0.05, 0) is 43.0 Å². The molecule has 0 aliphatic heterocycles. The summed E-state index contributed by atoms with van der Waals surface area (Å²) in [5, 5.41) is 17.1. The van der Waals surface area contributed by atoms with Crippen molar-refractivity contribution in [1.82, 2.24) is 16.0 Å². The van der Waals surface area contributed by atoms with Crippen molar-refractivity contribution in [2.24, 2.45) is 5.73 Å².